The number of rotatable bonds is 5. The topological polar surface area (TPSA) is 76.3 Å². The fourth-order valence-electron chi connectivity index (χ4n) is 1.46. The van der Waals surface area contributed by atoms with E-state index in [-0.39, 0.29) is 10.9 Å². The molecule has 6 heteroatoms. The SMILES string of the molecule is CC(C)CN(C)S(=O)(=O)c1ccc(CN)cn1. The second kappa shape index (κ2) is 5.57. The molecule has 2 N–H and O–H groups in total. The third-order valence-electron chi connectivity index (χ3n) is 2.33. The zero-order chi connectivity index (χ0) is 13.1. The minimum absolute atomic E-state index is 0.0675. The van der Waals surface area contributed by atoms with Crippen LogP contribution in [0.1, 0.15) is 19.4 Å². The van der Waals surface area contributed by atoms with Gasteiger partial charge in [-0.2, -0.15) is 4.31 Å². The van der Waals surface area contributed by atoms with Crippen LogP contribution in [-0.2, 0) is 16.6 Å². The van der Waals surface area contributed by atoms with Crippen molar-refractivity contribution < 1.29 is 8.42 Å². The second-order valence-electron chi connectivity index (χ2n) is 4.39. The van der Waals surface area contributed by atoms with Gasteiger partial charge in [0.15, 0.2) is 5.03 Å². The van der Waals surface area contributed by atoms with Crippen molar-refractivity contribution in [3.05, 3.63) is 23.9 Å². The van der Waals surface area contributed by atoms with Gasteiger partial charge in [-0.1, -0.05) is 19.9 Å². The summed E-state index contributed by atoms with van der Waals surface area (Å²) in [6, 6.07) is 3.18. The van der Waals surface area contributed by atoms with E-state index in [2.05, 4.69) is 4.98 Å². The standard InChI is InChI=1S/C11H19N3O2S/c1-9(2)8-14(3)17(15,16)11-5-4-10(6-12)7-13-11/h4-5,7,9H,6,8,12H2,1-3H3. The van der Waals surface area contributed by atoms with Gasteiger partial charge < -0.3 is 5.73 Å². The molecule has 0 saturated carbocycles. The van der Waals surface area contributed by atoms with Gasteiger partial charge >= 0.3 is 0 Å². The van der Waals surface area contributed by atoms with Crippen LogP contribution in [0.4, 0.5) is 0 Å². The molecule has 0 aliphatic heterocycles. The molecule has 5 nitrogen and oxygen atoms in total. The Kier molecular flexibility index (Phi) is 4.62. The first-order valence-electron chi connectivity index (χ1n) is 5.49. The van der Waals surface area contributed by atoms with Crippen molar-refractivity contribution in [3.8, 4) is 0 Å². The fraction of sp³-hybridized carbons (Fsp3) is 0.545. The Hall–Kier alpha value is -0.980. The largest absolute Gasteiger partial charge is 0.326 e. The summed E-state index contributed by atoms with van der Waals surface area (Å²) in [7, 11) is -1.91. The Bertz CT molecular complexity index is 454. The van der Waals surface area contributed by atoms with Gasteiger partial charge in [-0.3, -0.25) is 0 Å². The number of nitrogens with zero attached hydrogens (tertiary/aromatic N) is 2. The van der Waals surface area contributed by atoms with E-state index in [1.165, 1.54) is 16.6 Å². The van der Waals surface area contributed by atoms with Gasteiger partial charge in [0.05, 0.1) is 0 Å². The predicted octanol–water partition coefficient (Wildman–Crippen LogP) is 0.817. The molecule has 0 bridgehead atoms. The lowest BCUT2D eigenvalue weighted by molar-refractivity contribution is 0.415. The predicted molar refractivity (Wildman–Crippen MR) is 66.8 cm³/mol. The van der Waals surface area contributed by atoms with Crippen molar-refractivity contribution in [2.24, 2.45) is 11.7 Å². The fourth-order valence-corrected chi connectivity index (χ4v) is 2.70. The van der Waals surface area contributed by atoms with Gasteiger partial charge in [0.1, 0.15) is 0 Å². The van der Waals surface area contributed by atoms with Crippen LogP contribution in [0.15, 0.2) is 23.4 Å². The summed E-state index contributed by atoms with van der Waals surface area (Å²) in [5, 5.41) is 0.0675. The van der Waals surface area contributed by atoms with Crippen LogP contribution in [0.2, 0.25) is 0 Å². The zero-order valence-corrected chi connectivity index (χ0v) is 11.2. The molecular formula is C11H19N3O2S. The van der Waals surface area contributed by atoms with E-state index in [1.54, 1.807) is 13.1 Å². The monoisotopic (exact) mass is 257 g/mol. The molecular weight excluding hydrogens is 238 g/mol. The zero-order valence-electron chi connectivity index (χ0n) is 10.4. The number of nitrogens with two attached hydrogens (primary N) is 1. The molecule has 0 fully saturated rings. The summed E-state index contributed by atoms with van der Waals surface area (Å²) < 4.78 is 25.5. The third kappa shape index (κ3) is 3.49. The molecule has 0 unspecified atom stereocenters. The summed E-state index contributed by atoms with van der Waals surface area (Å²) in [6.07, 6.45) is 1.50. The normalized spacial score (nSPS) is 12.4. The van der Waals surface area contributed by atoms with E-state index in [0.717, 1.165) is 5.56 Å². The molecule has 0 aliphatic carbocycles. The lowest BCUT2D eigenvalue weighted by atomic mass is 10.2. The lowest BCUT2D eigenvalue weighted by Gasteiger charge is -2.18. The van der Waals surface area contributed by atoms with Gasteiger partial charge in [-0.25, -0.2) is 13.4 Å². The number of sulfonamides is 1. The van der Waals surface area contributed by atoms with Crippen molar-refractivity contribution in [1.29, 1.82) is 0 Å². The first-order chi connectivity index (χ1) is 7.87. The van der Waals surface area contributed by atoms with Gasteiger partial charge in [-0.15, -0.1) is 0 Å². The van der Waals surface area contributed by atoms with Gasteiger partial charge in [0.2, 0.25) is 0 Å². The molecule has 1 aromatic heterocycles. The van der Waals surface area contributed by atoms with Gasteiger partial charge in [-0.05, 0) is 17.5 Å². The number of aromatic nitrogens is 1. The van der Waals surface area contributed by atoms with Crippen molar-refractivity contribution in [1.82, 2.24) is 9.29 Å². The maximum absolute atomic E-state index is 12.1. The van der Waals surface area contributed by atoms with Crippen LogP contribution in [0.3, 0.4) is 0 Å². The quantitative estimate of drug-likeness (QED) is 0.847. The first kappa shape index (κ1) is 14.1. The van der Waals surface area contributed by atoms with Crippen molar-refractivity contribution >= 4 is 10.0 Å². The van der Waals surface area contributed by atoms with Crippen LogP contribution in [0, 0.1) is 5.92 Å². The van der Waals surface area contributed by atoms with E-state index < -0.39 is 10.0 Å². The minimum Gasteiger partial charge on any atom is -0.326 e. The highest BCUT2D eigenvalue weighted by Gasteiger charge is 2.22. The Morgan fingerprint density at radius 2 is 2.06 bits per heavy atom. The second-order valence-corrected chi connectivity index (χ2v) is 6.38. The molecule has 0 radical (unpaired) electrons. The molecule has 0 spiro atoms. The summed E-state index contributed by atoms with van der Waals surface area (Å²) in [5.41, 5.74) is 6.25. The molecule has 17 heavy (non-hydrogen) atoms. The van der Waals surface area contributed by atoms with Gasteiger partial charge in [0, 0.05) is 26.3 Å². The van der Waals surface area contributed by atoms with E-state index >= 15 is 0 Å². The van der Waals surface area contributed by atoms with Crippen molar-refractivity contribution in [3.63, 3.8) is 0 Å². The summed E-state index contributed by atoms with van der Waals surface area (Å²) in [6.45, 7) is 4.77. The Labute approximate surface area is 103 Å². The highest BCUT2D eigenvalue weighted by Crippen LogP contribution is 2.13. The number of hydrogen-bond donors (Lipinski definition) is 1. The molecule has 96 valence electrons. The van der Waals surface area contributed by atoms with E-state index in [4.69, 9.17) is 5.73 Å². The Balaban J connectivity index is 2.96. The molecule has 0 aromatic carbocycles. The number of hydrogen-bond acceptors (Lipinski definition) is 4. The van der Waals surface area contributed by atoms with Crippen LogP contribution < -0.4 is 5.73 Å². The molecule has 1 rings (SSSR count). The van der Waals surface area contributed by atoms with Crippen molar-refractivity contribution in [2.45, 2.75) is 25.4 Å². The Morgan fingerprint density at radius 3 is 2.47 bits per heavy atom. The highest BCUT2D eigenvalue weighted by atomic mass is 32.2. The molecule has 1 aromatic rings. The van der Waals surface area contributed by atoms with E-state index in [9.17, 15) is 8.42 Å². The molecule has 0 amide bonds. The van der Waals surface area contributed by atoms with Crippen LogP contribution in [0.25, 0.3) is 0 Å². The number of pyridine rings is 1. The molecule has 1 heterocycles. The Morgan fingerprint density at radius 1 is 1.41 bits per heavy atom. The highest BCUT2D eigenvalue weighted by molar-refractivity contribution is 7.89. The van der Waals surface area contributed by atoms with E-state index in [0.29, 0.717) is 13.1 Å². The molecule has 0 atom stereocenters. The average Bonchev–Trinajstić information content (AvgIpc) is 2.28. The minimum atomic E-state index is -3.48. The maximum atomic E-state index is 12.1. The average molecular weight is 257 g/mol. The summed E-state index contributed by atoms with van der Waals surface area (Å²) in [5.74, 6) is 0.276. The first-order valence-corrected chi connectivity index (χ1v) is 6.93. The molecule has 0 saturated heterocycles. The van der Waals surface area contributed by atoms with Gasteiger partial charge in [0.25, 0.3) is 10.0 Å². The summed E-state index contributed by atoms with van der Waals surface area (Å²) in [4.78, 5) is 3.94. The smallest absolute Gasteiger partial charge is 0.260 e. The van der Waals surface area contributed by atoms with Crippen LogP contribution in [-0.4, -0.2) is 31.3 Å². The van der Waals surface area contributed by atoms with Crippen LogP contribution in [0.5, 0.6) is 0 Å². The third-order valence-corrected chi connectivity index (χ3v) is 4.07. The maximum Gasteiger partial charge on any atom is 0.260 e. The molecule has 0 aliphatic rings. The summed E-state index contributed by atoms with van der Waals surface area (Å²) >= 11 is 0. The van der Waals surface area contributed by atoms with Crippen molar-refractivity contribution in [2.75, 3.05) is 13.6 Å². The van der Waals surface area contributed by atoms with E-state index in [1.807, 2.05) is 13.8 Å². The lowest BCUT2D eigenvalue weighted by Crippen LogP contribution is -2.31. The van der Waals surface area contributed by atoms with Crippen LogP contribution >= 0.6 is 0 Å².